The third-order valence-corrected chi connectivity index (χ3v) is 2.03. The monoisotopic (exact) mass is 250 g/mol. The smallest absolute Gasteiger partial charge is 0.396 e. The largest absolute Gasteiger partial charge is 0.406 e. The van der Waals surface area contributed by atoms with Crippen LogP contribution in [0.2, 0.25) is 0 Å². The molecule has 96 valence electrons. The minimum absolute atomic E-state index is 0.0107. The second-order valence-electron chi connectivity index (χ2n) is 3.54. The van der Waals surface area contributed by atoms with Crippen molar-refractivity contribution in [3.05, 3.63) is 11.9 Å². The first-order chi connectivity index (χ1) is 7.85. The molecule has 1 aromatic heterocycles. The van der Waals surface area contributed by atoms with Gasteiger partial charge in [0.2, 0.25) is 0 Å². The molecular formula is C9H13F3N4O. The van der Waals surface area contributed by atoms with Gasteiger partial charge in [-0.1, -0.05) is 6.92 Å². The predicted octanol–water partition coefficient (Wildman–Crippen LogP) is 1.41. The van der Waals surface area contributed by atoms with Gasteiger partial charge in [0.15, 0.2) is 0 Å². The third-order valence-electron chi connectivity index (χ3n) is 2.03. The molecule has 17 heavy (non-hydrogen) atoms. The van der Waals surface area contributed by atoms with Gasteiger partial charge < -0.3 is 10.6 Å². The summed E-state index contributed by atoms with van der Waals surface area (Å²) in [4.78, 5) is 12.5. The number of rotatable bonds is 4. The molecule has 8 heteroatoms. The summed E-state index contributed by atoms with van der Waals surface area (Å²) in [7, 11) is 0. The Hall–Kier alpha value is -1.73. The summed E-state index contributed by atoms with van der Waals surface area (Å²) in [6, 6.07) is 0. The highest BCUT2D eigenvalue weighted by molar-refractivity contribution is 5.97. The molecule has 1 amide bonds. The van der Waals surface area contributed by atoms with Gasteiger partial charge in [0, 0.05) is 6.54 Å². The molecule has 0 bridgehead atoms. The summed E-state index contributed by atoms with van der Waals surface area (Å²) in [6.45, 7) is 0.405. The highest BCUT2D eigenvalue weighted by Crippen LogP contribution is 2.19. The van der Waals surface area contributed by atoms with Crippen molar-refractivity contribution in [2.75, 3.05) is 18.8 Å². The molecule has 0 aromatic carbocycles. The number of amides is 1. The molecule has 3 N–H and O–H groups in total. The number of alkyl halides is 3. The zero-order chi connectivity index (χ0) is 13.1. The Balaban J connectivity index is 2.84. The lowest BCUT2D eigenvalue weighted by molar-refractivity contribution is -0.140. The van der Waals surface area contributed by atoms with Crippen molar-refractivity contribution in [2.45, 2.75) is 19.5 Å². The first-order valence-electron chi connectivity index (χ1n) is 5.00. The molecule has 1 rings (SSSR count). The van der Waals surface area contributed by atoms with Gasteiger partial charge in [0.25, 0.3) is 5.91 Å². The van der Waals surface area contributed by atoms with Crippen LogP contribution in [0.15, 0.2) is 6.20 Å². The second-order valence-corrected chi connectivity index (χ2v) is 3.54. The van der Waals surface area contributed by atoms with Gasteiger partial charge in [0.1, 0.15) is 12.2 Å². The van der Waals surface area contributed by atoms with Crippen molar-refractivity contribution < 1.29 is 18.0 Å². The fourth-order valence-corrected chi connectivity index (χ4v) is 1.36. The molecule has 0 saturated heterocycles. The number of aromatic nitrogens is 2. The molecular weight excluding hydrogens is 237 g/mol. The fraction of sp³-hybridized carbons (Fsp3) is 0.556. The van der Waals surface area contributed by atoms with Gasteiger partial charge in [-0.3, -0.25) is 9.89 Å². The fourth-order valence-electron chi connectivity index (χ4n) is 1.36. The number of nitrogens with two attached hydrogens (primary N) is 1. The van der Waals surface area contributed by atoms with Crippen molar-refractivity contribution in [1.82, 2.24) is 15.1 Å². The topological polar surface area (TPSA) is 75.0 Å². The average Bonchev–Trinajstić information content (AvgIpc) is 2.61. The minimum Gasteiger partial charge on any atom is -0.396 e. The Morgan fingerprint density at radius 2 is 2.24 bits per heavy atom. The average molecular weight is 250 g/mol. The van der Waals surface area contributed by atoms with E-state index in [1.807, 2.05) is 0 Å². The van der Waals surface area contributed by atoms with E-state index in [0.29, 0.717) is 11.3 Å². The quantitative estimate of drug-likeness (QED) is 0.848. The van der Waals surface area contributed by atoms with E-state index in [9.17, 15) is 18.0 Å². The lowest BCUT2D eigenvalue weighted by Gasteiger charge is -2.22. The van der Waals surface area contributed by atoms with Gasteiger partial charge in [-0.2, -0.15) is 18.3 Å². The summed E-state index contributed by atoms with van der Waals surface area (Å²) in [5.74, 6) is -0.792. The second kappa shape index (κ2) is 5.07. The van der Waals surface area contributed by atoms with Gasteiger partial charge in [-0.05, 0) is 6.42 Å². The number of H-pyrrole nitrogens is 1. The van der Waals surface area contributed by atoms with Crippen LogP contribution in [-0.4, -0.2) is 40.3 Å². The normalized spacial score (nSPS) is 11.5. The van der Waals surface area contributed by atoms with Gasteiger partial charge in [-0.25, -0.2) is 0 Å². The lowest BCUT2D eigenvalue weighted by atomic mass is 10.3. The molecule has 0 aliphatic rings. The molecule has 1 heterocycles. The first-order valence-corrected chi connectivity index (χ1v) is 5.00. The lowest BCUT2D eigenvalue weighted by Crippen LogP contribution is -2.39. The van der Waals surface area contributed by atoms with E-state index in [2.05, 4.69) is 10.2 Å². The summed E-state index contributed by atoms with van der Waals surface area (Å²) >= 11 is 0. The summed E-state index contributed by atoms with van der Waals surface area (Å²) in [5, 5.41) is 5.80. The number of aromatic amines is 1. The van der Waals surface area contributed by atoms with E-state index < -0.39 is 18.6 Å². The maximum Gasteiger partial charge on any atom is 0.406 e. The molecule has 0 radical (unpaired) electrons. The van der Waals surface area contributed by atoms with Crippen molar-refractivity contribution in [1.29, 1.82) is 0 Å². The van der Waals surface area contributed by atoms with E-state index >= 15 is 0 Å². The van der Waals surface area contributed by atoms with Crippen LogP contribution in [-0.2, 0) is 0 Å². The number of hydrogen-bond donors (Lipinski definition) is 2. The maximum atomic E-state index is 12.3. The molecule has 0 fully saturated rings. The van der Waals surface area contributed by atoms with Gasteiger partial charge in [-0.15, -0.1) is 0 Å². The van der Waals surface area contributed by atoms with E-state index in [1.54, 1.807) is 6.92 Å². The van der Waals surface area contributed by atoms with Crippen molar-refractivity contribution >= 4 is 11.6 Å². The van der Waals surface area contributed by atoms with Crippen molar-refractivity contribution in [2.24, 2.45) is 0 Å². The number of nitrogens with zero attached hydrogens (tertiary/aromatic N) is 2. The number of carbonyl (C=O) groups is 1. The summed E-state index contributed by atoms with van der Waals surface area (Å²) < 4.78 is 36.8. The standard InChI is InChI=1S/C9H13F3N4O/c1-2-3-16(5-9(10,11)12)8(17)7-6(13)4-14-15-7/h4H,2-3,5,13H2,1H3,(H,14,15). The van der Waals surface area contributed by atoms with Crippen LogP contribution < -0.4 is 5.73 Å². The van der Waals surface area contributed by atoms with Crippen LogP contribution in [0.4, 0.5) is 18.9 Å². The number of nitrogen functional groups attached to an aromatic ring is 1. The predicted molar refractivity (Wildman–Crippen MR) is 55.2 cm³/mol. The highest BCUT2D eigenvalue weighted by atomic mass is 19.4. The number of halogens is 3. The summed E-state index contributed by atoms with van der Waals surface area (Å²) in [6.07, 6.45) is -2.82. The molecule has 0 unspecified atom stereocenters. The molecule has 5 nitrogen and oxygen atoms in total. The zero-order valence-electron chi connectivity index (χ0n) is 9.21. The van der Waals surface area contributed by atoms with Crippen LogP contribution in [0.25, 0.3) is 0 Å². The molecule has 0 aliphatic carbocycles. The number of anilines is 1. The SMILES string of the molecule is CCCN(CC(F)(F)F)C(=O)c1[nH]ncc1N. The number of carbonyl (C=O) groups excluding carboxylic acids is 1. The Morgan fingerprint density at radius 3 is 2.65 bits per heavy atom. The van der Waals surface area contributed by atoms with Crippen LogP contribution in [0, 0.1) is 0 Å². The number of nitrogens with one attached hydrogen (secondary N) is 1. The summed E-state index contributed by atoms with van der Waals surface area (Å²) in [5.41, 5.74) is 5.35. The highest BCUT2D eigenvalue weighted by Gasteiger charge is 2.33. The van der Waals surface area contributed by atoms with Gasteiger partial charge >= 0.3 is 6.18 Å². The van der Waals surface area contributed by atoms with Crippen molar-refractivity contribution in [3.63, 3.8) is 0 Å². The van der Waals surface area contributed by atoms with Crippen LogP contribution in [0.5, 0.6) is 0 Å². The minimum atomic E-state index is -4.43. The van der Waals surface area contributed by atoms with Crippen LogP contribution in [0.1, 0.15) is 23.8 Å². The maximum absolute atomic E-state index is 12.3. The third kappa shape index (κ3) is 3.65. The van der Waals surface area contributed by atoms with Crippen LogP contribution >= 0.6 is 0 Å². The molecule has 0 aliphatic heterocycles. The Labute approximate surface area is 95.8 Å². The molecule has 1 aromatic rings. The first kappa shape index (κ1) is 13.3. The van der Waals surface area contributed by atoms with Crippen LogP contribution in [0.3, 0.4) is 0 Å². The van der Waals surface area contributed by atoms with Gasteiger partial charge in [0.05, 0.1) is 11.9 Å². The van der Waals surface area contributed by atoms with Crippen molar-refractivity contribution in [3.8, 4) is 0 Å². The Morgan fingerprint density at radius 1 is 1.59 bits per heavy atom. The van der Waals surface area contributed by atoms with E-state index in [0.717, 1.165) is 0 Å². The molecule has 0 atom stereocenters. The van der Waals surface area contributed by atoms with E-state index in [-0.39, 0.29) is 17.9 Å². The Bertz CT molecular complexity index is 388. The Kier molecular flexibility index (Phi) is 3.97. The van der Waals surface area contributed by atoms with E-state index in [1.165, 1.54) is 6.20 Å². The zero-order valence-corrected chi connectivity index (χ0v) is 9.21. The van der Waals surface area contributed by atoms with E-state index in [4.69, 9.17) is 5.73 Å². The molecule has 0 saturated carbocycles. The number of hydrogen-bond acceptors (Lipinski definition) is 3. The molecule has 0 spiro atoms.